The Bertz CT molecular complexity index is 764. The number of hydrogen-bond donors (Lipinski definition) is 1. The molecule has 132 valence electrons. The molecule has 0 saturated carbocycles. The third-order valence-corrected chi connectivity index (χ3v) is 4.61. The minimum absolute atomic E-state index is 0.387. The van der Waals surface area contributed by atoms with Gasteiger partial charge in [-0.1, -0.05) is 12.1 Å². The van der Waals surface area contributed by atoms with E-state index in [1.165, 1.54) is 5.56 Å². The molecule has 0 amide bonds. The molecule has 0 bridgehead atoms. The lowest BCUT2D eigenvalue weighted by atomic mass is 9.98. The highest BCUT2D eigenvalue weighted by Crippen LogP contribution is 2.40. The van der Waals surface area contributed by atoms with E-state index in [1.54, 1.807) is 6.20 Å². The van der Waals surface area contributed by atoms with E-state index in [0.717, 1.165) is 35.9 Å². The van der Waals surface area contributed by atoms with Crippen molar-refractivity contribution in [3.8, 4) is 17.2 Å². The lowest BCUT2D eigenvalue weighted by Crippen LogP contribution is -2.26. The third kappa shape index (κ3) is 3.22. The van der Waals surface area contributed by atoms with E-state index in [2.05, 4.69) is 47.5 Å². The average Bonchev–Trinajstić information content (AvgIpc) is 2.65. The molecule has 2 aliphatic rings. The number of rotatable bonds is 4. The first kappa shape index (κ1) is 16.0. The van der Waals surface area contributed by atoms with Crippen molar-refractivity contribution in [2.45, 2.75) is 19.0 Å². The van der Waals surface area contributed by atoms with Crippen molar-refractivity contribution in [2.24, 2.45) is 0 Å². The van der Waals surface area contributed by atoms with Crippen LogP contribution in [0.25, 0.3) is 0 Å². The smallest absolute Gasteiger partial charge is 0.179 e. The molecule has 0 saturated heterocycles. The van der Waals surface area contributed by atoms with E-state index in [4.69, 9.17) is 14.2 Å². The molecule has 0 radical (unpaired) electrons. The van der Waals surface area contributed by atoms with E-state index >= 15 is 0 Å². The number of aromatic nitrogens is 1. The minimum Gasteiger partial charge on any atom is -0.491 e. The van der Waals surface area contributed by atoms with Gasteiger partial charge in [0.05, 0.1) is 30.7 Å². The van der Waals surface area contributed by atoms with Crippen molar-refractivity contribution in [3.05, 3.63) is 41.7 Å². The Morgan fingerprint density at radius 2 is 1.96 bits per heavy atom. The molecule has 2 aromatic rings. The molecule has 0 fully saturated rings. The van der Waals surface area contributed by atoms with Gasteiger partial charge in [0.2, 0.25) is 0 Å². The van der Waals surface area contributed by atoms with Crippen LogP contribution in [0.2, 0.25) is 0 Å². The summed E-state index contributed by atoms with van der Waals surface area (Å²) in [5.74, 6) is 2.42. The summed E-state index contributed by atoms with van der Waals surface area (Å²) < 4.78 is 17.1. The predicted molar refractivity (Wildman–Crippen MR) is 95.5 cm³/mol. The minimum atomic E-state index is 0.387. The van der Waals surface area contributed by atoms with Crippen molar-refractivity contribution in [2.75, 3.05) is 39.2 Å². The maximum absolute atomic E-state index is 5.96. The zero-order valence-corrected chi connectivity index (χ0v) is 14.6. The molecule has 1 aromatic heterocycles. The molecule has 0 aliphatic carbocycles. The van der Waals surface area contributed by atoms with Crippen LogP contribution in [0.4, 0.5) is 5.69 Å². The van der Waals surface area contributed by atoms with Crippen molar-refractivity contribution in [1.82, 2.24) is 9.88 Å². The number of pyridine rings is 1. The van der Waals surface area contributed by atoms with Crippen LogP contribution in [0.15, 0.2) is 30.5 Å². The molecule has 1 atom stereocenters. The van der Waals surface area contributed by atoms with Crippen LogP contribution in [0, 0.1) is 0 Å². The first-order valence-corrected chi connectivity index (χ1v) is 8.63. The SMILES string of the molecule is CN(C)C1CCOc2c(NCc3cc4c(cn3)OCCO4)cccc21. The standard InChI is InChI=1S/C19H23N3O3/c1-22(2)16-6-7-25-19-14(16)4-3-5-15(19)21-11-13-10-17-18(12-20-13)24-9-8-23-17/h3-5,10,12,16,21H,6-9,11H2,1-2H3. The largest absolute Gasteiger partial charge is 0.491 e. The van der Waals surface area contributed by atoms with Gasteiger partial charge in [0, 0.05) is 24.1 Å². The number of hydrogen-bond acceptors (Lipinski definition) is 6. The van der Waals surface area contributed by atoms with Crippen LogP contribution in [-0.2, 0) is 6.54 Å². The molecule has 1 unspecified atom stereocenters. The molecule has 1 N–H and O–H groups in total. The summed E-state index contributed by atoms with van der Waals surface area (Å²) >= 11 is 0. The van der Waals surface area contributed by atoms with Crippen LogP contribution < -0.4 is 19.5 Å². The summed E-state index contributed by atoms with van der Waals surface area (Å²) in [7, 11) is 4.22. The molecule has 2 aliphatic heterocycles. The van der Waals surface area contributed by atoms with Crippen molar-refractivity contribution in [3.63, 3.8) is 0 Å². The summed E-state index contributed by atoms with van der Waals surface area (Å²) in [4.78, 5) is 6.69. The second kappa shape index (κ2) is 6.80. The monoisotopic (exact) mass is 341 g/mol. The molecule has 6 nitrogen and oxygen atoms in total. The van der Waals surface area contributed by atoms with Crippen molar-refractivity contribution >= 4 is 5.69 Å². The van der Waals surface area contributed by atoms with Gasteiger partial charge < -0.3 is 24.4 Å². The second-order valence-corrected chi connectivity index (χ2v) is 6.51. The highest BCUT2D eigenvalue weighted by molar-refractivity contribution is 5.61. The van der Waals surface area contributed by atoms with E-state index < -0.39 is 0 Å². The summed E-state index contributed by atoms with van der Waals surface area (Å²) in [6, 6.07) is 8.59. The van der Waals surface area contributed by atoms with E-state index in [1.807, 2.05) is 6.07 Å². The molecule has 1 aromatic carbocycles. The molecule has 4 rings (SSSR count). The van der Waals surface area contributed by atoms with Crippen molar-refractivity contribution < 1.29 is 14.2 Å². The second-order valence-electron chi connectivity index (χ2n) is 6.51. The van der Waals surface area contributed by atoms with Crippen LogP contribution in [-0.4, -0.2) is 43.8 Å². The van der Waals surface area contributed by atoms with Gasteiger partial charge in [0.25, 0.3) is 0 Å². The van der Waals surface area contributed by atoms with Crippen molar-refractivity contribution in [1.29, 1.82) is 0 Å². The fraction of sp³-hybridized carbons (Fsp3) is 0.421. The molecule has 25 heavy (non-hydrogen) atoms. The number of nitrogens with one attached hydrogen (secondary N) is 1. The molecule has 6 heteroatoms. The molecular formula is C19H23N3O3. The number of ether oxygens (including phenoxy) is 3. The first-order valence-electron chi connectivity index (χ1n) is 8.63. The quantitative estimate of drug-likeness (QED) is 0.923. The Kier molecular flexibility index (Phi) is 4.36. The Morgan fingerprint density at radius 1 is 1.12 bits per heavy atom. The topological polar surface area (TPSA) is 55.9 Å². The van der Waals surface area contributed by atoms with Gasteiger partial charge in [-0.05, 0) is 20.2 Å². The zero-order valence-electron chi connectivity index (χ0n) is 14.6. The normalized spacial score (nSPS) is 18.4. The Morgan fingerprint density at radius 3 is 2.80 bits per heavy atom. The van der Waals surface area contributed by atoms with Gasteiger partial charge in [-0.25, -0.2) is 0 Å². The Labute approximate surface area is 147 Å². The lowest BCUT2D eigenvalue weighted by Gasteiger charge is -2.32. The summed E-state index contributed by atoms with van der Waals surface area (Å²) in [6.45, 7) is 2.49. The van der Waals surface area contributed by atoms with Crippen LogP contribution in [0.1, 0.15) is 23.7 Å². The van der Waals surface area contributed by atoms with Crippen LogP contribution in [0.3, 0.4) is 0 Å². The fourth-order valence-electron chi connectivity index (χ4n) is 3.35. The Balaban J connectivity index is 1.53. The highest BCUT2D eigenvalue weighted by Gasteiger charge is 2.25. The summed E-state index contributed by atoms with van der Waals surface area (Å²) in [5, 5.41) is 3.45. The third-order valence-electron chi connectivity index (χ3n) is 4.61. The lowest BCUT2D eigenvalue weighted by molar-refractivity contribution is 0.170. The number of nitrogens with zero attached hydrogens (tertiary/aromatic N) is 2. The number of fused-ring (bicyclic) bond motifs is 2. The van der Waals surface area contributed by atoms with E-state index in [-0.39, 0.29) is 0 Å². The first-order chi connectivity index (χ1) is 12.2. The van der Waals surface area contributed by atoms with Crippen LogP contribution in [0.5, 0.6) is 17.2 Å². The average molecular weight is 341 g/mol. The number of anilines is 1. The van der Waals surface area contributed by atoms with Gasteiger partial charge in [-0.3, -0.25) is 4.98 Å². The van der Waals surface area contributed by atoms with Gasteiger partial charge in [0.1, 0.15) is 19.0 Å². The maximum Gasteiger partial charge on any atom is 0.179 e. The van der Waals surface area contributed by atoms with Gasteiger partial charge in [-0.15, -0.1) is 0 Å². The summed E-state index contributed by atoms with van der Waals surface area (Å²) in [5.41, 5.74) is 3.14. The van der Waals surface area contributed by atoms with Gasteiger partial charge >= 0.3 is 0 Å². The summed E-state index contributed by atoms with van der Waals surface area (Å²) in [6.07, 6.45) is 2.73. The highest BCUT2D eigenvalue weighted by atomic mass is 16.6. The predicted octanol–water partition coefficient (Wildman–Crippen LogP) is 2.85. The fourth-order valence-corrected chi connectivity index (χ4v) is 3.35. The van der Waals surface area contributed by atoms with Gasteiger partial charge in [0.15, 0.2) is 11.5 Å². The zero-order chi connectivity index (χ0) is 17.2. The number of benzene rings is 1. The van der Waals surface area contributed by atoms with E-state index in [0.29, 0.717) is 31.5 Å². The maximum atomic E-state index is 5.96. The molecule has 3 heterocycles. The van der Waals surface area contributed by atoms with Gasteiger partial charge in [-0.2, -0.15) is 0 Å². The Hall–Kier alpha value is -2.47. The molecular weight excluding hydrogens is 318 g/mol. The van der Waals surface area contributed by atoms with Crippen LogP contribution >= 0.6 is 0 Å². The van der Waals surface area contributed by atoms with E-state index in [9.17, 15) is 0 Å². The number of para-hydroxylation sites is 1. The molecule has 0 spiro atoms.